The minimum atomic E-state index is -0.645. The second-order valence-electron chi connectivity index (χ2n) is 4.30. The molecule has 1 rings (SSSR count). The van der Waals surface area contributed by atoms with Crippen molar-refractivity contribution in [2.24, 2.45) is 0 Å². The van der Waals surface area contributed by atoms with E-state index in [0.29, 0.717) is 0 Å². The van der Waals surface area contributed by atoms with E-state index in [0.717, 1.165) is 5.56 Å². The fourth-order valence-corrected chi connectivity index (χ4v) is 1.14. The maximum atomic E-state index is 11.7. The Bertz CT molecular complexity index is 418. The van der Waals surface area contributed by atoms with E-state index < -0.39 is 11.6 Å². The van der Waals surface area contributed by atoms with Crippen molar-refractivity contribution in [3.8, 4) is 12.3 Å². The van der Waals surface area contributed by atoms with Crippen LogP contribution in [-0.2, 0) is 11.3 Å². The third-order valence-electron chi connectivity index (χ3n) is 2.67. The van der Waals surface area contributed by atoms with Crippen LogP contribution in [0, 0.1) is 12.3 Å². The summed E-state index contributed by atoms with van der Waals surface area (Å²) in [6.45, 7) is 3.83. The van der Waals surface area contributed by atoms with Gasteiger partial charge in [-0.05, 0) is 19.4 Å². The number of terminal acetylenes is 1. The molecular weight excluding hydrogens is 214 g/mol. The summed E-state index contributed by atoms with van der Waals surface area (Å²) >= 11 is 0. The van der Waals surface area contributed by atoms with Crippen LogP contribution in [0.3, 0.4) is 0 Å². The number of hydrogen-bond donors (Lipinski definition) is 0. The number of carbonyl (C=O) groups excluding carboxylic acids is 1. The molecule has 0 heterocycles. The largest absolute Gasteiger partial charge is 0.445 e. The molecule has 0 fully saturated rings. The van der Waals surface area contributed by atoms with Crippen molar-refractivity contribution in [3.63, 3.8) is 0 Å². The fraction of sp³-hybridized carbons (Fsp3) is 0.357. The van der Waals surface area contributed by atoms with Gasteiger partial charge in [-0.1, -0.05) is 36.3 Å². The van der Waals surface area contributed by atoms with Crippen LogP contribution in [0.15, 0.2) is 30.3 Å². The zero-order valence-electron chi connectivity index (χ0n) is 10.4. The van der Waals surface area contributed by atoms with Gasteiger partial charge in [0.05, 0.1) is 0 Å². The normalized spacial score (nSPS) is 10.5. The Morgan fingerprint density at radius 2 is 2.00 bits per heavy atom. The van der Waals surface area contributed by atoms with Crippen molar-refractivity contribution in [3.05, 3.63) is 35.9 Å². The van der Waals surface area contributed by atoms with Crippen LogP contribution in [0.4, 0.5) is 4.79 Å². The molecule has 1 aromatic carbocycles. The number of rotatable bonds is 3. The number of ether oxygens (including phenoxy) is 1. The van der Waals surface area contributed by atoms with E-state index in [-0.39, 0.29) is 6.61 Å². The van der Waals surface area contributed by atoms with Gasteiger partial charge in [0.25, 0.3) is 0 Å². The molecule has 0 saturated heterocycles. The maximum absolute atomic E-state index is 11.7. The summed E-state index contributed by atoms with van der Waals surface area (Å²) in [5, 5.41) is 0. The molecule has 0 unspecified atom stereocenters. The molecule has 0 bridgehead atoms. The lowest BCUT2D eigenvalue weighted by atomic mass is 10.1. The molecule has 0 spiro atoms. The summed E-state index contributed by atoms with van der Waals surface area (Å²) in [5.41, 5.74) is 0.307. The number of benzene rings is 1. The van der Waals surface area contributed by atoms with Crippen LogP contribution in [0.2, 0.25) is 0 Å². The second-order valence-corrected chi connectivity index (χ2v) is 4.30. The molecule has 3 heteroatoms. The average molecular weight is 231 g/mol. The van der Waals surface area contributed by atoms with Crippen molar-refractivity contribution in [1.82, 2.24) is 4.90 Å². The van der Waals surface area contributed by atoms with Crippen LogP contribution in [0.1, 0.15) is 19.4 Å². The predicted octanol–water partition coefficient (Wildman–Crippen LogP) is 2.67. The van der Waals surface area contributed by atoms with E-state index >= 15 is 0 Å². The summed E-state index contributed by atoms with van der Waals surface area (Å²) in [5.74, 6) is 2.55. The third kappa shape index (κ3) is 3.53. The summed E-state index contributed by atoms with van der Waals surface area (Å²) in [6.07, 6.45) is 4.93. The number of nitrogens with zero attached hydrogens (tertiary/aromatic N) is 1. The standard InChI is InChI=1S/C14H17NO2/c1-5-14(2,3)15(4)13(16)17-11-12-9-7-6-8-10-12/h1,6-10H,11H2,2-4H3. The summed E-state index contributed by atoms with van der Waals surface area (Å²) in [4.78, 5) is 13.1. The highest BCUT2D eigenvalue weighted by Gasteiger charge is 2.26. The first kappa shape index (κ1) is 13.1. The third-order valence-corrected chi connectivity index (χ3v) is 2.67. The first-order valence-corrected chi connectivity index (χ1v) is 5.39. The van der Waals surface area contributed by atoms with Crippen LogP contribution in [0.5, 0.6) is 0 Å². The predicted molar refractivity (Wildman–Crippen MR) is 67.3 cm³/mol. The molecule has 90 valence electrons. The molecular formula is C14H17NO2. The van der Waals surface area contributed by atoms with Crippen LogP contribution < -0.4 is 0 Å². The molecule has 0 atom stereocenters. The van der Waals surface area contributed by atoms with Gasteiger partial charge in [-0.25, -0.2) is 4.79 Å². The molecule has 0 saturated carbocycles. The summed E-state index contributed by atoms with van der Waals surface area (Å²) in [7, 11) is 1.63. The van der Waals surface area contributed by atoms with Crippen molar-refractivity contribution in [2.45, 2.75) is 26.0 Å². The minimum absolute atomic E-state index is 0.255. The topological polar surface area (TPSA) is 29.5 Å². The molecule has 3 nitrogen and oxygen atoms in total. The lowest BCUT2D eigenvalue weighted by Gasteiger charge is -2.29. The molecule has 1 aromatic rings. The lowest BCUT2D eigenvalue weighted by molar-refractivity contribution is 0.0848. The highest BCUT2D eigenvalue weighted by atomic mass is 16.6. The fourth-order valence-electron chi connectivity index (χ4n) is 1.14. The van der Waals surface area contributed by atoms with Crippen molar-refractivity contribution < 1.29 is 9.53 Å². The molecule has 0 aromatic heterocycles. The van der Waals surface area contributed by atoms with E-state index in [1.165, 1.54) is 4.90 Å². The Kier molecular flexibility index (Phi) is 4.17. The quantitative estimate of drug-likeness (QED) is 0.748. The summed E-state index contributed by atoms with van der Waals surface area (Å²) in [6, 6.07) is 9.52. The molecule has 0 aliphatic rings. The van der Waals surface area contributed by atoms with Crippen LogP contribution in [-0.4, -0.2) is 23.6 Å². The number of amides is 1. The SMILES string of the molecule is C#CC(C)(C)N(C)C(=O)OCc1ccccc1. The van der Waals surface area contributed by atoms with Gasteiger partial charge < -0.3 is 4.74 Å². The lowest BCUT2D eigenvalue weighted by Crippen LogP contribution is -2.44. The molecule has 0 radical (unpaired) electrons. The van der Waals surface area contributed by atoms with Gasteiger partial charge in [0.15, 0.2) is 0 Å². The Morgan fingerprint density at radius 1 is 1.41 bits per heavy atom. The monoisotopic (exact) mass is 231 g/mol. The van der Waals surface area contributed by atoms with E-state index in [1.54, 1.807) is 20.9 Å². The van der Waals surface area contributed by atoms with Gasteiger partial charge in [0.1, 0.15) is 12.1 Å². The maximum Gasteiger partial charge on any atom is 0.411 e. The van der Waals surface area contributed by atoms with Gasteiger partial charge in [0, 0.05) is 7.05 Å². The second kappa shape index (κ2) is 5.40. The molecule has 0 N–H and O–H groups in total. The first-order valence-electron chi connectivity index (χ1n) is 5.39. The van der Waals surface area contributed by atoms with Gasteiger partial charge in [-0.15, -0.1) is 6.42 Å². The number of hydrogen-bond acceptors (Lipinski definition) is 2. The minimum Gasteiger partial charge on any atom is -0.445 e. The van der Waals surface area contributed by atoms with Gasteiger partial charge in [-0.3, -0.25) is 4.90 Å². The highest BCUT2D eigenvalue weighted by molar-refractivity contribution is 5.69. The average Bonchev–Trinajstić information content (AvgIpc) is 2.36. The van der Waals surface area contributed by atoms with Gasteiger partial charge in [0.2, 0.25) is 0 Å². The van der Waals surface area contributed by atoms with Gasteiger partial charge in [-0.2, -0.15) is 0 Å². The molecule has 0 aliphatic heterocycles. The van der Waals surface area contributed by atoms with Gasteiger partial charge >= 0.3 is 6.09 Å². The summed E-state index contributed by atoms with van der Waals surface area (Å²) < 4.78 is 5.17. The number of carbonyl (C=O) groups is 1. The zero-order valence-corrected chi connectivity index (χ0v) is 10.4. The van der Waals surface area contributed by atoms with Crippen molar-refractivity contribution >= 4 is 6.09 Å². The van der Waals surface area contributed by atoms with Crippen molar-refractivity contribution in [1.29, 1.82) is 0 Å². The van der Waals surface area contributed by atoms with E-state index in [4.69, 9.17) is 11.2 Å². The smallest absolute Gasteiger partial charge is 0.411 e. The Labute approximate surface area is 102 Å². The Hall–Kier alpha value is -1.95. The van der Waals surface area contributed by atoms with Crippen LogP contribution in [0.25, 0.3) is 0 Å². The first-order chi connectivity index (χ1) is 7.97. The van der Waals surface area contributed by atoms with E-state index in [9.17, 15) is 4.79 Å². The highest BCUT2D eigenvalue weighted by Crippen LogP contribution is 2.12. The Morgan fingerprint density at radius 3 is 2.53 bits per heavy atom. The zero-order chi connectivity index (χ0) is 12.9. The van der Waals surface area contributed by atoms with E-state index in [1.807, 2.05) is 30.3 Å². The van der Waals surface area contributed by atoms with E-state index in [2.05, 4.69) is 5.92 Å². The molecule has 1 amide bonds. The Balaban J connectivity index is 2.54. The van der Waals surface area contributed by atoms with Crippen LogP contribution >= 0.6 is 0 Å². The van der Waals surface area contributed by atoms with Crippen molar-refractivity contribution in [2.75, 3.05) is 7.05 Å². The molecule has 0 aliphatic carbocycles. The molecule has 17 heavy (non-hydrogen) atoms.